The largest absolute Gasteiger partial charge is 0.301 e. The highest BCUT2D eigenvalue weighted by atomic mass is 16.1. The van der Waals surface area contributed by atoms with Crippen molar-refractivity contribution in [3.63, 3.8) is 0 Å². The first-order valence-corrected chi connectivity index (χ1v) is 10.4. The fraction of sp³-hybridized carbons (Fsp3) is 0.952. The van der Waals surface area contributed by atoms with Crippen molar-refractivity contribution in [2.24, 2.45) is 11.3 Å². The van der Waals surface area contributed by atoms with Crippen molar-refractivity contribution in [2.45, 2.75) is 91.6 Å². The van der Waals surface area contributed by atoms with Crippen molar-refractivity contribution in [1.29, 1.82) is 0 Å². The van der Waals surface area contributed by atoms with E-state index in [0.29, 0.717) is 23.8 Å². The van der Waals surface area contributed by atoms with Gasteiger partial charge in [-0.05, 0) is 78.4 Å². The van der Waals surface area contributed by atoms with Gasteiger partial charge in [0.2, 0.25) is 0 Å². The van der Waals surface area contributed by atoms with E-state index in [2.05, 4.69) is 44.4 Å². The molecule has 0 aromatic heterocycles. The highest BCUT2D eigenvalue weighted by Gasteiger charge is 2.43. The minimum Gasteiger partial charge on any atom is -0.301 e. The number of ketones is 1. The first kappa shape index (κ1) is 19.9. The van der Waals surface area contributed by atoms with Crippen LogP contribution >= 0.6 is 0 Å². The van der Waals surface area contributed by atoms with E-state index in [0.717, 1.165) is 45.3 Å². The predicted octanol–water partition coefficient (Wildman–Crippen LogP) is 4.36. The number of nitrogens with zero attached hydrogens (tertiary/aromatic N) is 2. The number of likely N-dealkylation sites (tertiary alicyclic amines) is 2. The Morgan fingerprint density at radius 2 is 1.75 bits per heavy atom. The van der Waals surface area contributed by atoms with Gasteiger partial charge in [-0.3, -0.25) is 9.69 Å². The lowest BCUT2D eigenvalue weighted by molar-refractivity contribution is -0.134. The summed E-state index contributed by atoms with van der Waals surface area (Å²) in [6, 6.07) is 1.25. The van der Waals surface area contributed by atoms with Crippen molar-refractivity contribution in [1.82, 2.24) is 9.80 Å². The minimum absolute atomic E-state index is 0.0775. The van der Waals surface area contributed by atoms with Crippen LogP contribution in [0.1, 0.15) is 79.6 Å². The molecular weight excluding hydrogens is 296 g/mol. The van der Waals surface area contributed by atoms with Crippen LogP contribution in [0.15, 0.2) is 0 Å². The topological polar surface area (TPSA) is 23.6 Å². The van der Waals surface area contributed by atoms with E-state index in [1.807, 2.05) is 0 Å². The maximum absolute atomic E-state index is 13.2. The summed E-state index contributed by atoms with van der Waals surface area (Å²) in [6.45, 7) is 15.8. The van der Waals surface area contributed by atoms with Crippen LogP contribution in [-0.4, -0.2) is 53.8 Å². The van der Waals surface area contributed by atoms with Crippen LogP contribution in [0.2, 0.25) is 0 Å². The molecule has 0 amide bonds. The normalized spacial score (nSPS) is 26.2. The zero-order chi connectivity index (χ0) is 17.7. The summed E-state index contributed by atoms with van der Waals surface area (Å²) in [7, 11) is 0. The van der Waals surface area contributed by atoms with Gasteiger partial charge in [0.25, 0.3) is 0 Å². The van der Waals surface area contributed by atoms with Crippen LogP contribution in [0.25, 0.3) is 0 Å². The van der Waals surface area contributed by atoms with Crippen molar-refractivity contribution in [2.75, 3.05) is 26.2 Å². The molecule has 2 saturated heterocycles. The van der Waals surface area contributed by atoms with Crippen LogP contribution < -0.4 is 0 Å². The summed E-state index contributed by atoms with van der Waals surface area (Å²) in [5, 5.41) is 0. The number of Topliss-reactive ketones (excluding diaryl/α,β-unsaturated/α-hetero) is 1. The van der Waals surface area contributed by atoms with Gasteiger partial charge in [0.15, 0.2) is 0 Å². The Morgan fingerprint density at radius 1 is 1.08 bits per heavy atom. The molecule has 2 heterocycles. The molecule has 1 atom stereocenters. The Morgan fingerprint density at radius 3 is 2.29 bits per heavy atom. The summed E-state index contributed by atoms with van der Waals surface area (Å²) in [6.07, 6.45) is 7.91. The number of piperidine rings is 2. The summed E-state index contributed by atoms with van der Waals surface area (Å²) in [5.41, 5.74) is -0.0775. The molecule has 0 spiro atoms. The summed E-state index contributed by atoms with van der Waals surface area (Å²) >= 11 is 0. The van der Waals surface area contributed by atoms with Gasteiger partial charge in [0.05, 0.1) is 0 Å². The van der Waals surface area contributed by atoms with Crippen LogP contribution in [0.5, 0.6) is 0 Å². The lowest BCUT2D eigenvalue weighted by Gasteiger charge is -2.46. The van der Waals surface area contributed by atoms with E-state index < -0.39 is 0 Å². The monoisotopic (exact) mass is 336 g/mol. The maximum atomic E-state index is 13.2. The molecule has 0 N–H and O–H groups in total. The first-order chi connectivity index (χ1) is 11.3. The molecule has 140 valence electrons. The molecule has 1 unspecified atom stereocenters. The third-order valence-corrected chi connectivity index (χ3v) is 6.47. The molecule has 0 aromatic carbocycles. The quantitative estimate of drug-likeness (QED) is 0.690. The fourth-order valence-corrected chi connectivity index (χ4v) is 4.46. The molecule has 2 fully saturated rings. The van der Waals surface area contributed by atoms with E-state index >= 15 is 0 Å². The molecule has 0 bridgehead atoms. The molecule has 2 rings (SSSR count). The van der Waals surface area contributed by atoms with E-state index in [-0.39, 0.29) is 5.41 Å². The average Bonchev–Trinajstić information content (AvgIpc) is 2.55. The lowest BCUT2D eigenvalue weighted by atomic mass is 9.72. The third kappa shape index (κ3) is 5.05. The highest BCUT2D eigenvalue weighted by Crippen LogP contribution is 2.37. The molecule has 24 heavy (non-hydrogen) atoms. The Hall–Kier alpha value is -0.410. The van der Waals surface area contributed by atoms with Gasteiger partial charge in [-0.15, -0.1) is 0 Å². The predicted molar refractivity (Wildman–Crippen MR) is 102 cm³/mol. The Kier molecular flexibility index (Phi) is 7.30. The van der Waals surface area contributed by atoms with Gasteiger partial charge in [0.1, 0.15) is 5.78 Å². The lowest BCUT2D eigenvalue weighted by Crippen LogP contribution is -2.53. The van der Waals surface area contributed by atoms with Crippen LogP contribution in [0, 0.1) is 11.3 Å². The molecule has 0 aliphatic carbocycles. The number of hydrogen-bond acceptors (Lipinski definition) is 3. The van der Waals surface area contributed by atoms with Gasteiger partial charge in [0, 0.05) is 30.5 Å². The van der Waals surface area contributed by atoms with E-state index in [4.69, 9.17) is 0 Å². The number of rotatable bonds is 7. The number of carbonyl (C=O) groups excluding carboxylic acids is 1. The van der Waals surface area contributed by atoms with Crippen LogP contribution in [0.4, 0.5) is 0 Å². The van der Waals surface area contributed by atoms with Crippen LogP contribution in [-0.2, 0) is 4.79 Å². The summed E-state index contributed by atoms with van der Waals surface area (Å²) in [5.74, 6) is 1.17. The number of hydrogen-bond donors (Lipinski definition) is 0. The molecule has 3 heteroatoms. The summed E-state index contributed by atoms with van der Waals surface area (Å²) < 4.78 is 0. The molecule has 0 saturated carbocycles. The van der Waals surface area contributed by atoms with E-state index in [9.17, 15) is 4.79 Å². The highest BCUT2D eigenvalue weighted by molar-refractivity contribution is 5.85. The van der Waals surface area contributed by atoms with Crippen molar-refractivity contribution >= 4 is 5.78 Å². The Bertz CT molecular complexity index is 397. The van der Waals surface area contributed by atoms with Gasteiger partial charge in [-0.2, -0.15) is 0 Å². The van der Waals surface area contributed by atoms with E-state index in [1.54, 1.807) is 0 Å². The average molecular weight is 337 g/mol. The molecule has 3 nitrogen and oxygen atoms in total. The van der Waals surface area contributed by atoms with Crippen molar-refractivity contribution in [3.05, 3.63) is 0 Å². The fourth-order valence-electron chi connectivity index (χ4n) is 4.46. The minimum atomic E-state index is -0.0775. The molecule has 0 aromatic rings. The summed E-state index contributed by atoms with van der Waals surface area (Å²) in [4.78, 5) is 18.4. The molecular formula is C21H40N2O. The Labute approximate surface area is 150 Å². The second kappa shape index (κ2) is 8.80. The van der Waals surface area contributed by atoms with Gasteiger partial charge in [-0.25, -0.2) is 0 Å². The SMILES string of the molecule is CC(C)CCC(=O)C1(CN2CCCCC2C)CCN(C(C)C)CC1. The van der Waals surface area contributed by atoms with Crippen molar-refractivity contribution in [3.8, 4) is 0 Å². The molecule has 0 radical (unpaired) electrons. The second-order valence-electron chi connectivity index (χ2n) is 9.08. The maximum Gasteiger partial charge on any atom is 0.140 e. The second-order valence-corrected chi connectivity index (χ2v) is 9.08. The Balaban J connectivity index is 2.07. The zero-order valence-corrected chi connectivity index (χ0v) is 16.8. The van der Waals surface area contributed by atoms with Gasteiger partial charge in [-0.1, -0.05) is 20.3 Å². The smallest absolute Gasteiger partial charge is 0.140 e. The van der Waals surface area contributed by atoms with Crippen molar-refractivity contribution < 1.29 is 4.79 Å². The van der Waals surface area contributed by atoms with Gasteiger partial charge < -0.3 is 4.90 Å². The third-order valence-electron chi connectivity index (χ3n) is 6.47. The number of carbonyl (C=O) groups is 1. The molecule has 2 aliphatic heterocycles. The van der Waals surface area contributed by atoms with Crippen LogP contribution in [0.3, 0.4) is 0 Å². The standard InChI is InChI=1S/C21H40N2O/c1-17(2)9-10-20(24)21(11-14-22(15-12-21)18(3)4)16-23-13-7-6-8-19(23)5/h17-19H,6-16H2,1-5H3. The zero-order valence-electron chi connectivity index (χ0n) is 16.8. The molecule has 2 aliphatic rings. The van der Waals surface area contributed by atoms with Gasteiger partial charge >= 0.3 is 0 Å². The first-order valence-electron chi connectivity index (χ1n) is 10.4. The van der Waals surface area contributed by atoms with E-state index in [1.165, 1.54) is 25.8 Å².